The van der Waals surface area contributed by atoms with Crippen molar-refractivity contribution in [1.29, 1.82) is 0 Å². The second kappa shape index (κ2) is 11.9. The van der Waals surface area contributed by atoms with Gasteiger partial charge in [0.25, 0.3) is 15.9 Å². The molecule has 4 aliphatic rings. The average molecular weight is 644 g/mol. The summed E-state index contributed by atoms with van der Waals surface area (Å²) in [5.74, 6) is 0.432. The molecule has 3 heterocycles. The Kier molecular flexibility index (Phi) is 8.08. The highest BCUT2D eigenvalue weighted by Gasteiger charge is 2.49. The number of hydrogen-bond acceptors (Lipinski definition) is 7. The molecule has 3 aromatic rings. The van der Waals surface area contributed by atoms with E-state index in [1.54, 1.807) is 18.2 Å². The number of sulfonamides is 1. The summed E-state index contributed by atoms with van der Waals surface area (Å²) in [7, 11) is -4.10. The Hall–Kier alpha value is -3.50. The van der Waals surface area contributed by atoms with Crippen LogP contribution in [0.5, 0.6) is 5.88 Å². The average Bonchev–Trinajstić information content (AvgIpc) is 3.41. The summed E-state index contributed by atoms with van der Waals surface area (Å²) in [6, 6.07) is 14.6. The summed E-state index contributed by atoms with van der Waals surface area (Å²) >= 11 is 0. The van der Waals surface area contributed by atoms with Crippen molar-refractivity contribution in [3.8, 4) is 17.1 Å². The van der Waals surface area contributed by atoms with Gasteiger partial charge in [-0.05, 0) is 86.6 Å². The molecule has 2 aliphatic carbocycles. The molecule has 2 aliphatic heterocycles. The largest absolute Gasteiger partial charge is 0.471 e. The van der Waals surface area contributed by atoms with Crippen molar-refractivity contribution in [1.82, 2.24) is 19.8 Å². The minimum Gasteiger partial charge on any atom is -0.471 e. The highest BCUT2D eigenvalue weighted by molar-refractivity contribution is 7.92. The Morgan fingerprint density at radius 1 is 0.978 bits per heavy atom. The number of anilines is 1. The zero-order chi connectivity index (χ0) is 32.2. The molecule has 10 heteroatoms. The number of nitrogens with one attached hydrogen (secondary N) is 1. The monoisotopic (exact) mass is 643 g/mol. The van der Waals surface area contributed by atoms with Crippen molar-refractivity contribution in [2.45, 2.75) is 95.7 Å². The fraction of sp³-hybridized carbons (Fsp3) is 0.528. The van der Waals surface area contributed by atoms with Crippen LogP contribution in [0.25, 0.3) is 11.3 Å². The van der Waals surface area contributed by atoms with Gasteiger partial charge < -0.3 is 9.64 Å². The molecule has 0 radical (unpaired) electrons. The molecule has 1 N–H and O–H groups in total. The number of amides is 1. The normalized spacial score (nSPS) is 24.3. The number of carbonyl (C=O) groups excluding carboxylic acids is 1. The quantitative estimate of drug-likeness (QED) is 0.360. The zero-order valence-electron chi connectivity index (χ0n) is 27.3. The van der Waals surface area contributed by atoms with Crippen LogP contribution in [0, 0.1) is 25.2 Å². The molecule has 9 nitrogen and oxygen atoms in total. The van der Waals surface area contributed by atoms with Gasteiger partial charge in [-0.3, -0.25) is 9.69 Å². The van der Waals surface area contributed by atoms with E-state index in [1.165, 1.54) is 50.7 Å². The molecule has 244 valence electrons. The van der Waals surface area contributed by atoms with Crippen LogP contribution >= 0.6 is 0 Å². The van der Waals surface area contributed by atoms with Gasteiger partial charge in [0.05, 0.1) is 17.1 Å². The van der Waals surface area contributed by atoms with Gasteiger partial charge in [0.2, 0.25) is 11.8 Å². The van der Waals surface area contributed by atoms with Gasteiger partial charge in [0.1, 0.15) is 6.10 Å². The van der Waals surface area contributed by atoms with Crippen LogP contribution in [-0.4, -0.2) is 71.9 Å². The third-order valence-corrected chi connectivity index (χ3v) is 11.9. The van der Waals surface area contributed by atoms with Gasteiger partial charge in [-0.25, -0.2) is 18.1 Å². The van der Waals surface area contributed by atoms with Gasteiger partial charge >= 0.3 is 0 Å². The Morgan fingerprint density at radius 2 is 1.70 bits per heavy atom. The molecule has 1 amide bonds. The molecule has 6 bridgehead atoms. The summed E-state index contributed by atoms with van der Waals surface area (Å²) in [5, 5.41) is 0. The van der Waals surface area contributed by atoms with Gasteiger partial charge in [0, 0.05) is 42.4 Å². The smallest absolute Gasteiger partial charge is 0.264 e. The Bertz CT molecular complexity index is 1720. The van der Waals surface area contributed by atoms with E-state index in [9.17, 15) is 13.2 Å². The molecule has 1 saturated heterocycles. The van der Waals surface area contributed by atoms with Crippen LogP contribution in [0.2, 0.25) is 0 Å². The van der Waals surface area contributed by atoms with Crippen molar-refractivity contribution in [2.24, 2.45) is 11.3 Å². The Labute approximate surface area is 272 Å². The van der Waals surface area contributed by atoms with E-state index >= 15 is 0 Å². The molecular formula is C36H45N5O4S. The van der Waals surface area contributed by atoms with Gasteiger partial charge in [-0.2, -0.15) is 4.98 Å². The summed E-state index contributed by atoms with van der Waals surface area (Å²) in [6.07, 6.45) is 8.22. The summed E-state index contributed by atoms with van der Waals surface area (Å²) in [5.41, 5.74) is 4.37. The molecule has 2 atom stereocenters. The van der Waals surface area contributed by atoms with Crippen molar-refractivity contribution >= 4 is 21.9 Å². The van der Waals surface area contributed by atoms with E-state index < -0.39 is 10.0 Å². The zero-order valence-corrected chi connectivity index (χ0v) is 28.1. The molecule has 1 spiro atoms. The number of rotatable bonds is 4. The second-order valence-corrected chi connectivity index (χ2v) is 16.2. The number of aromatic nitrogens is 2. The molecule has 46 heavy (non-hydrogen) atoms. The van der Waals surface area contributed by atoms with E-state index in [1.807, 2.05) is 36.9 Å². The molecule has 0 unspecified atom stereocenters. The van der Waals surface area contributed by atoms with Gasteiger partial charge in [0.15, 0.2) is 0 Å². The van der Waals surface area contributed by atoms with Crippen molar-refractivity contribution in [2.75, 3.05) is 24.4 Å². The van der Waals surface area contributed by atoms with Gasteiger partial charge in [-0.1, -0.05) is 51.0 Å². The lowest BCUT2D eigenvalue weighted by Gasteiger charge is -2.51. The fourth-order valence-corrected chi connectivity index (χ4v) is 9.41. The minimum absolute atomic E-state index is 0.00845. The van der Waals surface area contributed by atoms with Gasteiger partial charge in [-0.15, -0.1) is 0 Å². The maximum atomic E-state index is 14.4. The van der Waals surface area contributed by atoms with Crippen molar-refractivity contribution in [3.05, 3.63) is 65.2 Å². The Balaban J connectivity index is 1.34. The fourth-order valence-electron chi connectivity index (χ4n) is 8.42. The van der Waals surface area contributed by atoms with Crippen LogP contribution in [-0.2, 0) is 10.0 Å². The molecule has 2 saturated carbocycles. The predicted octanol–water partition coefficient (Wildman–Crippen LogP) is 6.22. The first-order chi connectivity index (χ1) is 22.0. The molecule has 2 aromatic carbocycles. The Morgan fingerprint density at radius 3 is 2.41 bits per heavy atom. The number of benzene rings is 2. The van der Waals surface area contributed by atoms with Crippen molar-refractivity contribution in [3.63, 3.8) is 0 Å². The standard InChI is InChI=1S/C36H45N5O4S/c1-23(2)15-27-20-40(28-18-36(19-28)13-5-6-14-36)21-29-22-41(27)34(42)26-11-8-12-30(16-26)46(43,44)39-35-37-31(17-32(38-35)45-29)33-24(3)9-7-10-25(33)4/h7-12,16-17,23,27-29H,5-6,13-15,18-22H2,1-4H3,(H,37,38,39)/t27-,29-/m1/s1. The number of ether oxygens (including phenoxy) is 1. The summed E-state index contributed by atoms with van der Waals surface area (Å²) in [4.78, 5) is 28.1. The topological polar surface area (TPSA) is 105 Å². The summed E-state index contributed by atoms with van der Waals surface area (Å²) in [6.45, 7) is 10.2. The number of aryl methyl sites for hydroxylation is 2. The molecule has 3 fully saturated rings. The van der Waals surface area contributed by atoms with E-state index in [-0.39, 0.29) is 34.8 Å². The number of hydrogen-bond donors (Lipinski definition) is 1. The van der Waals surface area contributed by atoms with E-state index in [0.717, 1.165) is 29.7 Å². The van der Waals surface area contributed by atoms with Crippen LogP contribution < -0.4 is 9.46 Å². The first-order valence-corrected chi connectivity index (χ1v) is 18.3. The SMILES string of the molecule is Cc1cccc(C)c1-c1cc2nc(n1)NS(=O)(=O)c1cccc(c1)C(=O)N1C[C@@H](CN(C3CC4(CCCC4)C3)C[C@H]1CC(C)C)O2. The maximum Gasteiger partial charge on any atom is 0.264 e. The number of fused-ring (bicyclic) bond motifs is 6. The van der Waals surface area contributed by atoms with Crippen molar-refractivity contribution < 1.29 is 17.9 Å². The van der Waals surface area contributed by atoms with E-state index in [4.69, 9.17) is 4.74 Å². The lowest BCUT2D eigenvalue weighted by molar-refractivity contribution is -0.00992. The number of nitrogens with zero attached hydrogens (tertiary/aromatic N) is 4. The lowest BCUT2D eigenvalue weighted by atomic mass is 9.63. The van der Waals surface area contributed by atoms with Crippen LogP contribution in [0.1, 0.15) is 80.3 Å². The molecular weight excluding hydrogens is 598 g/mol. The maximum absolute atomic E-state index is 14.4. The van der Waals surface area contributed by atoms with Crippen LogP contribution in [0.3, 0.4) is 0 Å². The first kappa shape index (κ1) is 31.1. The third-order valence-electron chi connectivity index (χ3n) is 10.6. The number of carbonyl (C=O) groups is 1. The molecule has 7 rings (SSSR count). The van der Waals surface area contributed by atoms with E-state index in [2.05, 4.69) is 33.4 Å². The van der Waals surface area contributed by atoms with E-state index in [0.29, 0.717) is 41.7 Å². The highest BCUT2D eigenvalue weighted by Crippen LogP contribution is 2.55. The third kappa shape index (κ3) is 6.01. The first-order valence-electron chi connectivity index (χ1n) is 16.8. The van der Waals surface area contributed by atoms with Crippen LogP contribution in [0.4, 0.5) is 5.95 Å². The lowest BCUT2D eigenvalue weighted by Crippen LogP contribution is -2.54. The predicted molar refractivity (Wildman–Crippen MR) is 178 cm³/mol. The molecule has 1 aromatic heterocycles. The summed E-state index contributed by atoms with van der Waals surface area (Å²) < 4.78 is 36.6. The highest BCUT2D eigenvalue weighted by atomic mass is 32.2. The van der Waals surface area contributed by atoms with Crippen LogP contribution in [0.15, 0.2) is 53.4 Å². The minimum atomic E-state index is -4.10. The second-order valence-electron chi connectivity index (χ2n) is 14.5.